The molecule has 1 aromatic carbocycles. The molecule has 0 saturated heterocycles. The average molecular weight is 680 g/mol. The van der Waals surface area contributed by atoms with Crippen molar-refractivity contribution in [2.75, 3.05) is 6.54 Å². The molecule has 0 aliphatic carbocycles. The highest BCUT2D eigenvalue weighted by Crippen LogP contribution is 2.20. The number of amides is 5. The zero-order valence-corrected chi connectivity index (χ0v) is 27.8. The van der Waals surface area contributed by atoms with E-state index in [1.165, 1.54) is 6.33 Å². The number of hydrogen-bond donors (Lipinski definition) is 9. The molecule has 5 amide bonds. The maximum Gasteiger partial charge on any atom is 0.243 e. The molecule has 0 fully saturated rings. The Bertz CT molecular complexity index is 1560. The Balaban J connectivity index is 1.87. The molecule has 0 spiro atoms. The van der Waals surface area contributed by atoms with Crippen LogP contribution in [0, 0.1) is 5.92 Å². The van der Waals surface area contributed by atoms with E-state index in [9.17, 15) is 28.8 Å². The number of carbonyl (C=O) groups is 5. The first-order valence-corrected chi connectivity index (χ1v) is 16.3. The Kier molecular flexibility index (Phi) is 14.9. The van der Waals surface area contributed by atoms with Crippen molar-refractivity contribution < 1.29 is 28.8 Å². The van der Waals surface area contributed by atoms with Gasteiger partial charge in [0.25, 0.3) is 0 Å². The van der Waals surface area contributed by atoms with Crippen LogP contribution in [0.5, 0.6) is 0 Å². The van der Waals surface area contributed by atoms with Crippen LogP contribution in [0.1, 0.15) is 57.2 Å². The van der Waals surface area contributed by atoms with Crippen LogP contribution in [-0.2, 0) is 41.6 Å². The number of fused-ring (bicyclic) bond motifs is 1. The number of rotatable bonds is 21. The second-order valence-electron chi connectivity index (χ2n) is 12.4. The molecule has 49 heavy (non-hydrogen) atoms. The summed E-state index contributed by atoms with van der Waals surface area (Å²) < 4.78 is 0. The summed E-state index contributed by atoms with van der Waals surface area (Å²) in [7, 11) is 0. The lowest BCUT2D eigenvalue weighted by atomic mass is 9.99. The van der Waals surface area contributed by atoms with Crippen LogP contribution < -0.4 is 38.5 Å². The van der Waals surface area contributed by atoms with Gasteiger partial charge in [-0.25, -0.2) is 4.98 Å². The minimum atomic E-state index is -1.27. The van der Waals surface area contributed by atoms with E-state index in [2.05, 4.69) is 36.2 Å². The van der Waals surface area contributed by atoms with Gasteiger partial charge in [0.1, 0.15) is 24.2 Å². The Morgan fingerprint density at radius 1 is 0.878 bits per heavy atom. The third-order valence-electron chi connectivity index (χ3n) is 7.84. The van der Waals surface area contributed by atoms with Gasteiger partial charge >= 0.3 is 0 Å². The van der Waals surface area contributed by atoms with Crippen LogP contribution in [0.15, 0.2) is 43.0 Å². The third kappa shape index (κ3) is 12.1. The number of para-hydroxylation sites is 1. The summed E-state index contributed by atoms with van der Waals surface area (Å²) in [4.78, 5) is 87.0. The molecule has 16 nitrogen and oxygen atoms in total. The number of primary amides is 1. The Morgan fingerprint density at radius 3 is 2.20 bits per heavy atom. The Hall–Kier alpha value is -5.09. The molecular weight excluding hydrogens is 632 g/mol. The van der Waals surface area contributed by atoms with Crippen LogP contribution in [0.25, 0.3) is 10.9 Å². The lowest BCUT2D eigenvalue weighted by Crippen LogP contribution is -2.59. The number of carbonyl (C=O) groups excluding carboxylic acids is 6. The molecule has 1 radical (unpaired) electrons. The molecule has 265 valence electrons. The standard InChI is InChI=1S/C33H47N10O6/c1-19(2)11-27(42-30(46)24(35)14-29(36)45)32(48)43-28(12-20-15-38-25-8-4-3-7-23(20)25)33(49)41-26(9-5-6-10-34)31(47)40-22(17-44)13-21-16-37-18-39-21/h3-4,7-8,15-16,18-19,22,24,26-28,38H,5-6,9-14,34-35H2,1-2H3,(H2,36,45)(H,37,39)(H,40,47)(H,41,49)(H,42,46)(H,43,48)/t22-,24-,26-,27-,28+/m0/s1. The molecule has 2 heterocycles. The predicted molar refractivity (Wildman–Crippen MR) is 182 cm³/mol. The summed E-state index contributed by atoms with van der Waals surface area (Å²) in [5.41, 5.74) is 18.8. The average Bonchev–Trinajstić information content (AvgIpc) is 3.72. The van der Waals surface area contributed by atoms with Crippen molar-refractivity contribution in [1.82, 2.24) is 36.2 Å². The number of unbranched alkanes of at least 4 members (excludes halogenated alkanes) is 1. The summed E-state index contributed by atoms with van der Waals surface area (Å²) in [6.45, 7) is 4.08. The minimum absolute atomic E-state index is 0.0339. The fraction of sp³-hybridized carbons (Fsp3) is 0.485. The van der Waals surface area contributed by atoms with Gasteiger partial charge in [-0.1, -0.05) is 32.0 Å². The number of hydrogen-bond acceptors (Lipinski definition) is 9. The second-order valence-corrected chi connectivity index (χ2v) is 12.4. The van der Waals surface area contributed by atoms with Crippen molar-refractivity contribution >= 4 is 46.7 Å². The minimum Gasteiger partial charge on any atom is -0.370 e. The maximum absolute atomic E-state index is 14.0. The number of benzene rings is 1. The van der Waals surface area contributed by atoms with E-state index in [4.69, 9.17) is 17.2 Å². The van der Waals surface area contributed by atoms with Gasteiger partial charge in [-0.2, -0.15) is 0 Å². The molecule has 5 atom stereocenters. The molecule has 3 aromatic rings. The lowest BCUT2D eigenvalue weighted by molar-refractivity contribution is -0.134. The molecule has 3 rings (SSSR count). The number of imidazole rings is 1. The van der Waals surface area contributed by atoms with Crippen molar-refractivity contribution in [2.24, 2.45) is 23.1 Å². The molecule has 0 unspecified atom stereocenters. The van der Waals surface area contributed by atoms with Gasteiger partial charge in [-0.3, -0.25) is 28.8 Å². The van der Waals surface area contributed by atoms with E-state index in [1.807, 2.05) is 38.1 Å². The predicted octanol–water partition coefficient (Wildman–Crippen LogP) is -0.897. The molecule has 0 aliphatic heterocycles. The topological polar surface area (TPSA) is 273 Å². The van der Waals surface area contributed by atoms with Crippen molar-refractivity contribution in [3.63, 3.8) is 0 Å². The van der Waals surface area contributed by atoms with Crippen LogP contribution >= 0.6 is 0 Å². The highest BCUT2D eigenvalue weighted by molar-refractivity contribution is 5.96. The Morgan fingerprint density at radius 2 is 1.55 bits per heavy atom. The van der Waals surface area contributed by atoms with E-state index in [-0.39, 0.29) is 31.6 Å². The largest absolute Gasteiger partial charge is 0.370 e. The van der Waals surface area contributed by atoms with Crippen LogP contribution in [0.3, 0.4) is 0 Å². The fourth-order valence-corrected chi connectivity index (χ4v) is 5.33. The van der Waals surface area contributed by atoms with E-state index in [1.54, 1.807) is 18.7 Å². The number of aromatic nitrogens is 3. The quantitative estimate of drug-likeness (QED) is 0.0631. The zero-order valence-electron chi connectivity index (χ0n) is 27.8. The number of aromatic amines is 2. The molecule has 2 aromatic heterocycles. The van der Waals surface area contributed by atoms with Gasteiger partial charge in [0, 0.05) is 36.1 Å². The second kappa shape index (κ2) is 19.0. The highest BCUT2D eigenvalue weighted by atomic mass is 16.2. The molecular formula is C33H47N10O6. The normalized spacial score (nSPS) is 14.3. The smallest absolute Gasteiger partial charge is 0.243 e. The third-order valence-corrected chi connectivity index (χ3v) is 7.84. The van der Waals surface area contributed by atoms with E-state index in [0.29, 0.717) is 25.1 Å². The van der Waals surface area contributed by atoms with E-state index >= 15 is 0 Å². The number of nitrogens with two attached hydrogens (primary N) is 3. The number of nitrogens with zero attached hydrogens (tertiary/aromatic N) is 1. The van der Waals surface area contributed by atoms with Crippen molar-refractivity contribution in [3.05, 3.63) is 54.2 Å². The van der Waals surface area contributed by atoms with E-state index in [0.717, 1.165) is 16.5 Å². The van der Waals surface area contributed by atoms with Crippen LogP contribution in [0.4, 0.5) is 0 Å². The highest BCUT2D eigenvalue weighted by Gasteiger charge is 2.32. The van der Waals surface area contributed by atoms with Crippen LogP contribution in [0.2, 0.25) is 0 Å². The first-order chi connectivity index (χ1) is 23.4. The van der Waals surface area contributed by atoms with Crippen molar-refractivity contribution in [3.8, 4) is 0 Å². The van der Waals surface area contributed by atoms with E-state index < -0.39 is 66.2 Å². The molecule has 0 saturated carbocycles. The van der Waals surface area contributed by atoms with Gasteiger partial charge in [0.2, 0.25) is 35.8 Å². The van der Waals surface area contributed by atoms with Gasteiger partial charge in [-0.15, -0.1) is 0 Å². The summed E-state index contributed by atoms with van der Waals surface area (Å²) in [5.74, 6) is -3.50. The maximum atomic E-state index is 14.0. The van der Waals surface area contributed by atoms with Crippen molar-refractivity contribution in [1.29, 1.82) is 0 Å². The summed E-state index contributed by atoms with van der Waals surface area (Å²) in [6, 6.07) is 1.80. The molecule has 0 aliphatic rings. The lowest BCUT2D eigenvalue weighted by Gasteiger charge is -2.27. The van der Waals surface area contributed by atoms with Crippen molar-refractivity contribution in [2.45, 2.75) is 89.0 Å². The molecule has 12 N–H and O–H groups in total. The first kappa shape index (κ1) is 38.4. The van der Waals surface area contributed by atoms with Gasteiger partial charge in [-0.05, 0) is 49.8 Å². The summed E-state index contributed by atoms with van der Waals surface area (Å²) in [6.07, 6.45) is 7.78. The monoisotopic (exact) mass is 679 g/mol. The zero-order chi connectivity index (χ0) is 35.9. The van der Waals surface area contributed by atoms with Gasteiger partial charge in [0.15, 0.2) is 0 Å². The summed E-state index contributed by atoms with van der Waals surface area (Å²) >= 11 is 0. The molecule has 0 bridgehead atoms. The van der Waals surface area contributed by atoms with Gasteiger partial charge < -0.3 is 48.4 Å². The first-order valence-electron chi connectivity index (χ1n) is 16.3. The number of nitrogens with one attached hydrogen (secondary N) is 6. The number of H-pyrrole nitrogens is 2. The van der Waals surface area contributed by atoms with Gasteiger partial charge in [0.05, 0.1) is 24.5 Å². The fourth-order valence-electron chi connectivity index (χ4n) is 5.33. The van der Waals surface area contributed by atoms with Crippen LogP contribution in [-0.4, -0.2) is 87.5 Å². The summed E-state index contributed by atoms with van der Waals surface area (Å²) in [5, 5.41) is 11.6. The Labute approximate surface area is 284 Å². The SMILES string of the molecule is CC(C)C[C@H](NC(=O)[C@@H](N)CC(N)=O)C(=O)N[C@H](Cc1c[nH]c2ccccc12)C(=O)N[C@@H](CCCCN)C(=O)N[C@H]([C]=O)Cc1c[nH]cn1. The molecule has 16 heteroatoms.